The molecule has 0 N–H and O–H groups in total. The molecule has 2 aliphatic heterocycles. The maximum Gasteiger partial charge on any atom is 0.0837 e. The Bertz CT molecular complexity index is 255. The van der Waals surface area contributed by atoms with E-state index < -0.39 is 0 Å². The molecular weight excluding hydrogens is 363 g/mol. The second-order valence-corrected chi connectivity index (χ2v) is 9.04. The molecule has 2 nitrogen and oxygen atoms in total. The van der Waals surface area contributed by atoms with Crippen LogP contribution in [-0.4, -0.2) is 29.3 Å². The van der Waals surface area contributed by atoms with Gasteiger partial charge in [0.15, 0.2) is 0 Å². The molecule has 116 valence electrons. The van der Waals surface area contributed by atoms with Gasteiger partial charge in [-0.25, -0.2) is 0 Å². The molecule has 0 amide bonds. The largest absolute Gasteiger partial charge is 0.375 e. The van der Waals surface area contributed by atoms with Crippen molar-refractivity contribution in [2.75, 3.05) is 13.2 Å². The molecule has 4 atom stereocenters. The zero-order valence-electron chi connectivity index (χ0n) is 12.7. The molecule has 1 aliphatic carbocycles. The third-order valence-corrected chi connectivity index (χ3v) is 6.73. The fourth-order valence-electron chi connectivity index (χ4n) is 4.25. The second-order valence-electron chi connectivity index (χ2n) is 7.28. The topological polar surface area (TPSA) is 18.5 Å². The number of ether oxygens (including phenoxy) is 2. The molecule has 3 rings (SSSR count). The van der Waals surface area contributed by atoms with Gasteiger partial charge in [-0.15, -0.1) is 0 Å². The molecule has 0 radical (unpaired) electrons. The molecule has 0 aromatic heterocycles. The fraction of sp³-hybridized carbons (Fsp3) is 1.00. The van der Waals surface area contributed by atoms with Crippen LogP contribution in [0.3, 0.4) is 0 Å². The minimum Gasteiger partial charge on any atom is -0.375 e. The van der Waals surface area contributed by atoms with E-state index in [9.17, 15) is 0 Å². The highest BCUT2D eigenvalue weighted by Gasteiger charge is 2.35. The van der Waals surface area contributed by atoms with Crippen LogP contribution >= 0.6 is 22.6 Å². The van der Waals surface area contributed by atoms with Crippen LogP contribution in [0.2, 0.25) is 0 Å². The monoisotopic (exact) mass is 392 g/mol. The van der Waals surface area contributed by atoms with Crippen molar-refractivity contribution in [2.45, 2.75) is 74.4 Å². The summed E-state index contributed by atoms with van der Waals surface area (Å²) in [6.45, 7) is 4.33. The summed E-state index contributed by atoms with van der Waals surface area (Å²) >= 11 is 2.51. The molecule has 0 spiro atoms. The van der Waals surface area contributed by atoms with Crippen LogP contribution in [0.5, 0.6) is 0 Å². The zero-order chi connectivity index (χ0) is 13.9. The van der Waals surface area contributed by atoms with E-state index in [0.29, 0.717) is 16.1 Å². The Morgan fingerprint density at radius 3 is 1.85 bits per heavy atom. The molecular formula is C17H29IO2. The second kappa shape index (κ2) is 7.28. The van der Waals surface area contributed by atoms with Crippen LogP contribution in [0, 0.1) is 17.8 Å². The Balaban J connectivity index is 1.42. The van der Waals surface area contributed by atoms with Gasteiger partial charge in [-0.05, 0) is 56.3 Å². The van der Waals surface area contributed by atoms with Crippen molar-refractivity contribution in [1.29, 1.82) is 0 Å². The molecule has 4 unspecified atom stereocenters. The van der Waals surface area contributed by atoms with Gasteiger partial charge in [0.25, 0.3) is 0 Å². The maximum atomic E-state index is 6.22. The Morgan fingerprint density at radius 1 is 0.700 bits per heavy atom. The summed E-state index contributed by atoms with van der Waals surface area (Å²) < 4.78 is 12.9. The van der Waals surface area contributed by atoms with Gasteiger partial charge in [-0.3, -0.25) is 0 Å². The van der Waals surface area contributed by atoms with E-state index in [-0.39, 0.29) is 0 Å². The third-order valence-electron chi connectivity index (χ3n) is 5.74. The lowest BCUT2D eigenvalue weighted by molar-refractivity contribution is -0.125. The Kier molecular flexibility index (Phi) is 5.65. The van der Waals surface area contributed by atoms with Crippen molar-refractivity contribution in [1.82, 2.24) is 0 Å². The minimum atomic E-state index is 0.383. The molecule has 0 bridgehead atoms. The molecule has 2 saturated heterocycles. The standard InChI is InChI=1S/C17H29IO2/c1-12-2-4-13(5-3-12)14-6-8-16(19-10-14)17-9-7-15(18)11-20-17/h12-17H,2-11H2,1H3. The third kappa shape index (κ3) is 3.89. The van der Waals surface area contributed by atoms with Gasteiger partial charge < -0.3 is 9.47 Å². The number of hydrogen-bond donors (Lipinski definition) is 0. The lowest BCUT2D eigenvalue weighted by Crippen LogP contribution is -2.42. The SMILES string of the molecule is CC1CCC(C2CCC(C3CCC(I)CO3)OC2)CC1. The first-order chi connectivity index (χ1) is 9.72. The van der Waals surface area contributed by atoms with E-state index in [1.807, 2.05) is 0 Å². The van der Waals surface area contributed by atoms with E-state index in [1.54, 1.807) is 0 Å². The quantitative estimate of drug-likeness (QED) is 0.506. The average Bonchev–Trinajstić information content (AvgIpc) is 2.49. The summed E-state index contributed by atoms with van der Waals surface area (Å²) in [6, 6.07) is 0. The van der Waals surface area contributed by atoms with Crippen molar-refractivity contribution in [3.8, 4) is 0 Å². The van der Waals surface area contributed by atoms with Crippen LogP contribution in [0.15, 0.2) is 0 Å². The van der Waals surface area contributed by atoms with E-state index in [0.717, 1.165) is 31.0 Å². The predicted octanol–water partition coefficient (Wildman–Crippen LogP) is 4.59. The number of alkyl halides is 1. The first-order valence-corrected chi connectivity index (χ1v) is 9.84. The summed E-state index contributed by atoms with van der Waals surface area (Å²) in [4.78, 5) is 0. The maximum absolute atomic E-state index is 6.22. The smallest absolute Gasteiger partial charge is 0.0837 e. The Morgan fingerprint density at radius 2 is 1.30 bits per heavy atom. The Labute approximate surface area is 137 Å². The van der Waals surface area contributed by atoms with Gasteiger partial charge in [0.05, 0.1) is 25.4 Å². The van der Waals surface area contributed by atoms with E-state index in [4.69, 9.17) is 9.47 Å². The molecule has 2 heterocycles. The van der Waals surface area contributed by atoms with E-state index >= 15 is 0 Å². The highest BCUT2D eigenvalue weighted by Crippen LogP contribution is 2.38. The van der Waals surface area contributed by atoms with Crippen LogP contribution in [-0.2, 0) is 9.47 Å². The van der Waals surface area contributed by atoms with Crippen molar-refractivity contribution in [3.05, 3.63) is 0 Å². The summed E-state index contributed by atoms with van der Waals surface area (Å²) in [5.41, 5.74) is 0. The first kappa shape index (κ1) is 15.5. The lowest BCUT2D eigenvalue weighted by Gasteiger charge is -2.40. The number of rotatable bonds is 2. The van der Waals surface area contributed by atoms with Gasteiger partial charge in [0.1, 0.15) is 0 Å². The molecule has 3 fully saturated rings. The molecule has 0 aromatic rings. The summed E-state index contributed by atoms with van der Waals surface area (Å²) in [7, 11) is 0. The van der Waals surface area contributed by atoms with Crippen molar-refractivity contribution in [3.63, 3.8) is 0 Å². The minimum absolute atomic E-state index is 0.383. The van der Waals surface area contributed by atoms with Crippen LogP contribution in [0.4, 0.5) is 0 Å². The molecule has 20 heavy (non-hydrogen) atoms. The van der Waals surface area contributed by atoms with E-state index in [1.165, 1.54) is 51.4 Å². The number of hydrogen-bond acceptors (Lipinski definition) is 2. The first-order valence-electron chi connectivity index (χ1n) is 8.59. The van der Waals surface area contributed by atoms with Crippen molar-refractivity contribution >= 4 is 22.6 Å². The fourth-order valence-corrected chi connectivity index (χ4v) is 4.81. The van der Waals surface area contributed by atoms with Crippen molar-refractivity contribution < 1.29 is 9.47 Å². The van der Waals surface area contributed by atoms with Crippen LogP contribution < -0.4 is 0 Å². The van der Waals surface area contributed by atoms with Gasteiger partial charge in [0.2, 0.25) is 0 Å². The van der Waals surface area contributed by atoms with E-state index in [2.05, 4.69) is 29.5 Å². The highest BCUT2D eigenvalue weighted by atomic mass is 127. The van der Waals surface area contributed by atoms with Gasteiger partial charge >= 0.3 is 0 Å². The summed E-state index contributed by atoms with van der Waals surface area (Å²) in [5.74, 6) is 2.73. The Hall–Kier alpha value is 0.650. The number of halogens is 1. The summed E-state index contributed by atoms with van der Waals surface area (Å²) in [5, 5.41) is 0. The van der Waals surface area contributed by atoms with Gasteiger partial charge in [-0.1, -0.05) is 42.4 Å². The zero-order valence-corrected chi connectivity index (χ0v) is 14.9. The average molecular weight is 392 g/mol. The van der Waals surface area contributed by atoms with Crippen LogP contribution in [0.1, 0.15) is 58.3 Å². The predicted molar refractivity (Wildman–Crippen MR) is 90.4 cm³/mol. The highest BCUT2D eigenvalue weighted by molar-refractivity contribution is 14.1. The molecule has 1 saturated carbocycles. The molecule has 3 aliphatic rings. The lowest BCUT2D eigenvalue weighted by atomic mass is 9.74. The van der Waals surface area contributed by atoms with Gasteiger partial charge in [-0.2, -0.15) is 0 Å². The molecule has 0 aromatic carbocycles. The normalized spacial score (nSPS) is 47.1. The van der Waals surface area contributed by atoms with Gasteiger partial charge in [0, 0.05) is 3.92 Å². The van der Waals surface area contributed by atoms with Crippen LogP contribution in [0.25, 0.3) is 0 Å². The summed E-state index contributed by atoms with van der Waals surface area (Å²) in [6.07, 6.45) is 11.6. The van der Waals surface area contributed by atoms with Crippen molar-refractivity contribution in [2.24, 2.45) is 17.8 Å². The molecule has 3 heteroatoms.